The second kappa shape index (κ2) is 7.61. The average Bonchev–Trinajstić information content (AvgIpc) is 2.59. The molecule has 7 nitrogen and oxygen atoms in total. The maximum Gasteiger partial charge on any atom is 0.322 e. The van der Waals surface area contributed by atoms with Crippen LogP contribution in [-0.4, -0.2) is 48.8 Å². The summed E-state index contributed by atoms with van der Waals surface area (Å²) in [6.45, 7) is 3.10. The first kappa shape index (κ1) is 19.5. The summed E-state index contributed by atoms with van der Waals surface area (Å²) in [4.78, 5) is 48.4. The number of Topliss-reactive ketones (excluding diaryl/α,β-unsaturated/α-hetero) is 2. The summed E-state index contributed by atoms with van der Waals surface area (Å²) in [5, 5.41) is 10.8. The minimum absolute atomic E-state index is 0.300. The number of aliphatic carboxylic acids is 1. The normalized spacial score (nSPS) is 18.7. The predicted molar refractivity (Wildman–Crippen MR) is 93.9 cm³/mol. The number of ketones is 2. The highest BCUT2D eigenvalue weighted by molar-refractivity contribution is 6.29. The van der Waals surface area contributed by atoms with Crippen molar-refractivity contribution in [3.63, 3.8) is 0 Å². The van der Waals surface area contributed by atoms with E-state index in [-0.39, 0.29) is 0 Å². The van der Waals surface area contributed by atoms with Crippen LogP contribution in [0.25, 0.3) is 6.08 Å². The molecule has 0 saturated carbocycles. The van der Waals surface area contributed by atoms with E-state index in [0.717, 1.165) is 5.56 Å². The van der Waals surface area contributed by atoms with E-state index in [9.17, 15) is 19.2 Å². The molecule has 1 amide bonds. The number of carbonyl (C=O) groups is 4. The van der Waals surface area contributed by atoms with Gasteiger partial charge in [0, 0.05) is 12.7 Å². The van der Waals surface area contributed by atoms with Crippen LogP contribution in [0, 0.1) is 5.92 Å². The average molecular weight is 359 g/mol. The lowest BCUT2D eigenvalue weighted by molar-refractivity contribution is -0.140. The van der Waals surface area contributed by atoms with E-state index >= 15 is 0 Å². The number of carboxylic acids is 1. The molecule has 1 unspecified atom stereocenters. The van der Waals surface area contributed by atoms with Crippen molar-refractivity contribution in [2.24, 2.45) is 5.92 Å². The Morgan fingerprint density at radius 3 is 2.62 bits per heavy atom. The van der Waals surface area contributed by atoms with Crippen LogP contribution >= 0.6 is 0 Å². The van der Waals surface area contributed by atoms with Gasteiger partial charge < -0.3 is 15.2 Å². The molecule has 2 rings (SSSR count). The number of hydrogen-bond acceptors (Lipinski definition) is 5. The SMILES string of the molecule is COCC=Cc1ccc2c(c1)C(C)(C)C(=O)C(C(=O)NCC(=O)O)C2=O. The summed E-state index contributed by atoms with van der Waals surface area (Å²) >= 11 is 0. The quantitative estimate of drug-likeness (QED) is 0.739. The highest BCUT2D eigenvalue weighted by atomic mass is 16.5. The predicted octanol–water partition coefficient (Wildman–Crippen LogP) is 1.21. The summed E-state index contributed by atoms with van der Waals surface area (Å²) in [6, 6.07) is 5.07. The molecule has 7 heteroatoms. The fraction of sp³-hybridized carbons (Fsp3) is 0.368. The number of amides is 1. The molecule has 1 aliphatic carbocycles. The van der Waals surface area contributed by atoms with Gasteiger partial charge in [0.1, 0.15) is 6.54 Å². The topological polar surface area (TPSA) is 110 Å². The Balaban J connectivity index is 2.41. The number of nitrogens with one attached hydrogen (secondary N) is 1. The third-order valence-electron chi connectivity index (χ3n) is 4.37. The van der Waals surface area contributed by atoms with Crippen LogP contribution < -0.4 is 5.32 Å². The van der Waals surface area contributed by atoms with E-state index in [0.29, 0.717) is 17.7 Å². The van der Waals surface area contributed by atoms with Crippen molar-refractivity contribution >= 4 is 29.5 Å². The van der Waals surface area contributed by atoms with Gasteiger partial charge in [-0.15, -0.1) is 0 Å². The molecule has 0 aromatic heterocycles. The van der Waals surface area contributed by atoms with Gasteiger partial charge in [-0.3, -0.25) is 19.2 Å². The van der Waals surface area contributed by atoms with E-state index in [1.807, 2.05) is 12.2 Å². The lowest BCUT2D eigenvalue weighted by Crippen LogP contribution is -2.51. The fourth-order valence-electron chi connectivity index (χ4n) is 2.95. The third kappa shape index (κ3) is 3.72. The molecule has 0 saturated heterocycles. The first-order valence-corrected chi connectivity index (χ1v) is 8.08. The second-order valence-electron chi connectivity index (χ2n) is 6.56. The van der Waals surface area contributed by atoms with Gasteiger partial charge in [0.15, 0.2) is 17.5 Å². The number of carbonyl (C=O) groups excluding carboxylic acids is 3. The van der Waals surface area contributed by atoms with E-state index in [4.69, 9.17) is 9.84 Å². The minimum atomic E-state index is -1.54. The summed E-state index contributed by atoms with van der Waals surface area (Å²) in [6.07, 6.45) is 3.63. The minimum Gasteiger partial charge on any atom is -0.480 e. The Morgan fingerprint density at radius 1 is 1.31 bits per heavy atom. The Labute approximate surface area is 151 Å². The summed E-state index contributed by atoms with van der Waals surface area (Å²) in [5.41, 5.74) is 0.603. The standard InChI is InChI=1S/C19H21NO6/c1-19(2)13-9-11(5-4-8-26-3)6-7-12(13)16(23)15(17(19)24)18(25)20-10-14(21)22/h4-7,9,15H,8,10H2,1-3H3,(H,20,25)(H,21,22). The Hall–Kier alpha value is -2.80. The molecule has 1 aromatic rings. The van der Waals surface area contributed by atoms with Crippen LogP contribution in [0.5, 0.6) is 0 Å². The van der Waals surface area contributed by atoms with Gasteiger partial charge in [-0.25, -0.2) is 0 Å². The second-order valence-corrected chi connectivity index (χ2v) is 6.56. The van der Waals surface area contributed by atoms with Gasteiger partial charge in [-0.2, -0.15) is 0 Å². The van der Waals surface area contributed by atoms with Crippen molar-refractivity contribution < 1.29 is 29.0 Å². The molecule has 1 atom stereocenters. The molecule has 0 radical (unpaired) electrons. The van der Waals surface area contributed by atoms with Crippen molar-refractivity contribution in [1.29, 1.82) is 0 Å². The fourth-order valence-corrected chi connectivity index (χ4v) is 2.95. The maximum absolute atomic E-state index is 12.8. The molecule has 0 bridgehead atoms. The molecular weight excluding hydrogens is 338 g/mol. The number of benzene rings is 1. The molecule has 0 heterocycles. The molecule has 2 N–H and O–H groups in total. The van der Waals surface area contributed by atoms with E-state index < -0.39 is 41.3 Å². The van der Waals surface area contributed by atoms with Crippen LogP contribution in [0.3, 0.4) is 0 Å². The van der Waals surface area contributed by atoms with Crippen molar-refractivity contribution in [2.75, 3.05) is 20.3 Å². The van der Waals surface area contributed by atoms with Crippen molar-refractivity contribution in [3.8, 4) is 0 Å². The number of hydrogen-bond donors (Lipinski definition) is 2. The molecule has 1 aromatic carbocycles. The van der Waals surface area contributed by atoms with Crippen LogP contribution in [-0.2, 0) is 24.5 Å². The van der Waals surface area contributed by atoms with Crippen LogP contribution in [0.1, 0.15) is 35.3 Å². The number of methoxy groups -OCH3 is 1. The molecule has 26 heavy (non-hydrogen) atoms. The van der Waals surface area contributed by atoms with Gasteiger partial charge in [-0.1, -0.05) is 30.4 Å². The Bertz CT molecular complexity index is 793. The van der Waals surface area contributed by atoms with Crippen LogP contribution in [0.15, 0.2) is 24.3 Å². The van der Waals surface area contributed by atoms with E-state index in [1.165, 1.54) is 0 Å². The molecule has 0 spiro atoms. The summed E-state index contributed by atoms with van der Waals surface area (Å²) in [7, 11) is 1.58. The first-order valence-electron chi connectivity index (χ1n) is 8.08. The smallest absolute Gasteiger partial charge is 0.322 e. The zero-order chi connectivity index (χ0) is 19.5. The number of ether oxygens (including phenoxy) is 1. The van der Waals surface area contributed by atoms with Crippen LogP contribution in [0.4, 0.5) is 0 Å². The molecule has 0 aliphatic heterocycles. The highest BCUT2D eigenvalue weighted by Gasteiger charge is 2.49. The zero-order valence-electron chi connectivity index (χ0n) is 14.9. The highest BCUT2D eigenvalue weighted by Crippen LogP contribution is 2.37. The lowest BCUT2D eigenvalue weighted by Gasteiger charge is -2.34. The molecule has 0 fully saturated rings. The molecule has 1 aliphatic rings. The third-order valence-corrected chi connectivity index (χ3v) is 4.37. The number of carboxylic acid groups (broad SMARTS) is 1. The molecule has 138 valence electrons. The number of fused-ring (bicyclic) bond motifs is 1. The van der Waals surface area contributed by atoms with Gasteiger partial charge >= 0.3 is 5.97 Å². The largest absolute Gasteiger partial charge is 0.480 e. The molecular formula is C19H21NO6. The maximum atomic E-state index is 12.8. The Kier molecular flexibility index (Phi) is 5.72. The van der Waals surface area contributed by atoms with E-state index in [1.54, 1.807) is 39.2 Å². The van der Waals surface area contributed by atoms with Crippen LogP contribution in [0.2, 0.25) is 0 Å². The first-order chi connectivity index (χ1) is 12.2. The van der Waals surface area contributed by atoms with Gasteiger partial charge in [-0.05, 0) is 25.0 Å². The summed E-state index contributed by atoms with van der Waals surface area (Å²) in [5.74, 6) is -4.83. The van der Waals surface area contributed by atoms with Crippen molar-refractivity contribution in [1.82, 2.24) is 5.32 Å². The summed E-state index contributed by atoms with van der Waals surface area (Å²) < 4.78 is 4.95. The van der Waals surface area contributed by atoms with Gasteiger partial charge in [0.05, 0.1) is 12.0 Å². The van der Waals surface area contributed by atoms with Gasteiger partial charge in [0.2, 0.25) is 5.91 Å². The zero-order valence-corrected chi connectivity index (χ0v) is 14.9. The van der Waals surface area contributed by atoms with Crippen molar-refractivity contribution in [3.05, 3.63) is 41.0 Å². The lowest BCUT2D eigenvalue weighted by atomic mass is 9.66. The van der Waals surface area contributed by atoms with Gasteiger partial charge in [0.25, 0.3) is 0 Å². The van der Waals surface area contributed by atoms with Crippen molar-refractivity contribution in [2.45, 2.75) is 19.3 Å². The Morgan fingerprint density at radius 2 is 2.00 bits per heavy atom. The number of rotatable bonds is 6. The van der Waals surface area contributed by atoms with E-state index in [2.05, 4.69) is 5.32 Å². The monoisotopic (exact) mass is 359 g/mol.